The zero-order valence-electron chi connectivity index (χ0n) is 39.2. The number of benzene rings is 2. The Labute approximate surface area is 406 Å². The van der Waals surface area contributed by atoms with Crippen molar-refractivity contribution in [1.29, 1.82) is 0 Å². The van der Waals surface area contributed by atoms with Crippen molar-refractivity contribution >= 4 is 51.1 Å². The van der Waals surface area contributed by atoms with Crippen LogP contribution >= 0.6 is 21.6 Å². The Balaban J connectivity index is 0.975. The van der Waals surface area contributed by atoms with Crippen LogP contribution in [0, 0.1) is 0 Å². The first-order chi connectivity index (χ1) is 32.9. The van der Waals surface area contributed by atoms with Gasteiger partial charge in [-0.3, -0.25) is 19.3 Å². The zero-order valence-corrected chi connectivity index (χ0v) is 40.8. The molecule has 0 unspecified atom stereocenters. The molecule has 5 aliphatic rings. The van der Waals surface area contributed by atoms with Gasteiger partial charge in [0.25, 0.3) is 0 Å². The summed E-state index contributed by atoms with van der Waals surface area (Å²) >= 11 is 0. The number of phenols is 2. The monoisotopic (exact) mass is 996 g/mol. The number of methoxy groups -OCH3 is 2. The Bertz CT molecular complexity index is 2480. The largest absolute Gasteiger partial charge is 0.507 e. The highest BCUT2D eigenvalue weighted by atomic mass is 33.1. The van der Waals surface area contributed by atoms with Gasteiger partial charge in [0, 0.05) is 89.0 Å². The predicted octanol–water partition coefficient (Wildman–Crippen LogP) is 4.47. The number of hydrogen-bond donors (Lipinski definition) is 3. The maximum Gasteiger partial charge on any atom is 0.409 e. The lowest BCUT2D eigenvalue weighted by Crippen LogP contribution is -2.55. The van der Waals surface area contributed by atoms with Crippen molar-refractivity contribution in [3.63, 3.8) is 0 Å². The minimum Gasteiger partial charge on any atom is -0.507 e. The highest BCUT2D eigenvalue weighted by molar-refractivity contribution is 8.77. The van der Waals surface area contributed by atoms with Crippen LogP contribution in [0.1, 0.15) is 82.7 Å². The Morgan fingerprint density at radius 3 is 2.38 bits per heavy atom. The number of rotatable bonds is 15. The average molecular weight is 997 g/mol. The topological polar surface area (TPSA) is 242 Å². The van der Waals surface area contributed by atoms with E-state index in [0.29, 0.717) is 13.2 Å². The molecule has 8 rings (SSSR count). The molecule has 3 aliphatic heterocycles. The van der Waals surface area contributed by atoms with Crippen LogP contribution in [-0.4, -0.2) is 180 Å². The van der Waals surface area contributed by atoms with Gasteiger partial charge in [0.05, 0.1) is 47.4 Å². The number of hydrogen-bond acceptors (Lipinski definition) is 20. The van der Waals surface area contributed by atoms with E-state index in [1.54, 1.807) is 13.1 Å². The summed E-state index contributed by atoms with van der Waals surface area (Å²) < 4.78 is 46.4. The molecule has 20 nitrogen and oxygen atoms in total. The van der Waals surface area contributed by atoms with E-state index in [-0.39, 0.29) is 60.2 Å². The number of amides is 2. The summed E-state index contributed by atoms with van der Waals surface area (Å²) in [6.07, 6.45) is -5.42. The van der Waals surface area contributed by atoms with Gasteiger partial charge in [0.2, 0.25) is 11.6 Å². The zero-order chi connectivity index (χ0) is 49.5. The first-order valence-corrected chi connectivity index (χ1v) is 24.5. The molecule has 2 amide bonds. The van der Waals surface area contributed by atoms with Crippen molar-refractivity contribution < 1.29 is 77.2 Å². The second kappa shape index (κ2) is 20.4. The summed E-state index contributed by atoms with van der Waals surface area (Å²) in [5.74, 6) is -3.92. The molecule has 0 saturated carbocycles. The van der Waals surface area contributed by atoms with Crippen molar-refractivity contribution in [3.8, 4) is 17.2 Å². The molecular formula is C47H56N4O16S2. The lowest BCUT2D eigenvalue weighted by Gasteiger charge is -2.43. The smallest absolute Gasteiger partial charge is 0.409 e. The first-order valence-electron chi connectivity index (χ1n) is 22.4. The number of nitrogens with zero attached hydrogens (tertiary/aromatic N) is 4. The lowest BCUT2D eigenvalue weighted by atomic mass is 9.72. The van der Waals surface area contributed by atoms with E-state index in [1.807, 2.05) is 32.0 Å². The number of ketones is 3. The van der Waals surface area contributed by atoms with Crippen LogP contribution in [0.5, 0.6) is 17.2 Å². The molecule has 3 fully saturated rings. The molecule has 69 heavy (non-hydrogen) atoms. The minimum absolute atomic E-state index is 0.0100. The molecule has 1 aromatic heterocycles. The maximum atomic E-state index is 14.2. The number of pyridine rings is 1. The Morgan fingerprint density at radius 2 is 1.68 bits per heavy atom. The van der Waals surface area contributed by atoms with Crippen LogP contribution < -0.4 is 4.74 Å². The van der Waals surface area contributed by atoms with Crippen LogP contribution in [0.3, 0.4) is 0 Å². The van der Waals surface area contributed by atoms with Crippen molar-refractivity contribution in [2.24, 2.45) is 0 Å². The quantitative estimate of drug-likeness (QED) is 0.110. The van der Waals surface area contributed by atoms with E-state index < -0.39 is 119 Å². The third-order valence-corrected chi connectivity index (χ3v) is 16.1. The van der Waals surface area contributed by atoms with E-state index in [0.717, 1.165) is 9.93 Å². The molecule has 2 aliphatic carbocycles. The highest BCUT2D eigenvalue weighted by Crippen LogP contribution is 2.53. The molecule has 22 heteroatoms. The van der Waals surface area contributed by atoms with Crippen LogP contribution in [0.15, 0.2) is 47.6 Å². The number of aromatic hydroxyl groups is 2. The van der Waals surface area contributed by atoms with Crippen molar-refractivity contribution in [3.05, 3.63) is 76.0 Å². The van der Waals surface area contributed by atoms with Gasteiger partial charge in [-0.1, -0.05) is 29.0 Å². The number of phenolic OH excluding ortho intramolecular Hbond substituents is 2. The standard InChI is InChI=1S/C47H56N4O16S2/c1-24-41-27(51-17-18-62-43(61-7)42(51)67-41)19-32(65-24)66-29-21-47(59,20-26-34(29)40(56)36-35(38(26)54)37(53)25-11-10-12-28(60-6)33(25)39(36)55)30(52)22-63-44(57)49(4)15-16-50(5)45(58)64-23-46(2,3)69-68-31-13-8-9-14-48-31/h8-14,24,27,29,32,41-43,54,56,59H,15-23H2,1-7H3/t24-,27-,29-,32-,41+,42+,43-,47-/m0/s1. The third-order valence-electron chi connectivity index (χ3n) is 13.0. The summed E-state index contributed by atoms with van der Waals surface area (Å²) in [6.45, 7) is 5.79. The Hall–Kier alpha value is -5.04. The molecule has 0 spiro atoms. The van der Waals surface area contributed by atoms with Gasteiger partial charge in [-0.25, -0.2) is 14.6 Å². The maximum absolute atomic E-state index is 14.2. The van der Waals surface area contributed by atoms with Gasteiger partial charge in [-0.15, -0.1) is 0 Å². The number of morpholine rings is 1. The molecule has 3 aromatic rings. The van der Waals surface area contributed by atoms with Crippen LogP contribution in [0.25, 0.3) is 0 Å². The molecule has 372 valence electrons. The molecule has 2 aromatic carbocycles. The molecule has 0 radical (unpaired) electrons. The van der Waals surface area contributed by atoms with E-state index in [1.165, 1.54) is 73.0 Å². The van der Waals surface area contributed by atoms with Gasteiger partial charge in [0.15, 0.2) is 31.2 Å². The Kier molecular flexibility index (Phi) is 14.9. The fourth-order valence-electron chi connectivity index (χ4n) is 9.32. The molecule has 3 N–H and O–H groups in total. The average Bonchev–Trinajstić information content (AvgIpc) is 3.73. The number of aliphatic hydroxyl groups is 1. The molecular weight excluding hydrogens is 941 g/mol. The van der Waals surface area contributed by atoms with E-state index >= 15 is 0 Å². The number of carbonyl (C=O) groups excluding carboxylic acids is 5. The number of ether oxygens (including phenoxy) is 8. The number of aromatic nitrogens is 1. The number of carbonyl (C=O) groups is 5. The Morgan fingerprint density at radius 1 is 0.957 bits per heavy atom. The van der Waals surface area contributed by atoms with Gasteiger partial charge in [-0.2, -0.15) is 0 Å². The number of fused-ring (bicyclic) bond motifs is 6. The van der Waals surface area contributed by atoms with Crippen LogP contribution in [0.4, 0.5) is 9.59 Å². The third kappa shape index (κ3) is 10.00. The van der Waals surface area contributed by atoms with Gasteiger partial charge in [-0.05, 0) is 49.8 Å². The van der Waals surface area contributed by atoms with Crippen LogP contribution in [0.2, 0.25) is 0 Å². The fraction of sp³-hybridized carbons (Fsp3) is 0.532. The van der Waals surface area contributed by atoms with E-state index in [2.05, 4.69) is 9.88 Å². The summed E-state index contributed by atoms with van der Waals surface area (Å²) in [5, 5.41) is 37.2. The first kappa shape index (κ1) is 50.4. The lowest BCUT2D eigenvalue weighted by molar-refractivity contribution is -0.256. The second-order valence-corrected chi connectivity index (χ2v) is 21.0. The second-order valence-electron chi connectivity index (χ2n) is 18.2. The van der Waals surface area contributed by atoms with Gasteiger partial charge < -0.3 is 63.0 Å². The fourth-order valence-corrected chi connectivity index (χ4v) is 11.3. The van der Waals surface area contributed by atoms with Gasteiger partial charge >= 0.3 is 12.2 Å². The normalized spacial score (nSPS) is 26.2. The highest BCUT2D eigenvalue weighted by Gasteiger charge is 2.55. The molecule has 4 heterocycles. The van der Waals surface area contributed by atoms with Gasteiger partial charge in [0.1, 0.15) is 40.6 Å². The summed E-state index contributed by atoms with van der Waals surface area (Å²) in [7, 11) is 8.75. The van der Waals surface area contributed by atoms with Crippen molar-refractivity contribution in [2.75, 3.05) is 67.8 Å². The van der Waals surface area contributed by atoms with E-state index in [4.69, 9.17) is 37.9 Å². The SMILES string of the molecule is COc1cccc2c1C(=O)c1c(O)c3c(c(O)c1C2=O)C[C@@](O)(C(=O)COC(=O)N(C)CCN(C)C(=O)OCC(C)(C)SSc1ccccn1)C[C@@H]3O[C@H]1C[C@H]2[C@H](O[C@@H]3[C@@H](OC)OCCN32)[C@H](C)O1. The summed E-state index contributed by atoms with van der Waals surface area (Å²) in [5.41, 5.74) is -3.96. The molecule has 8 atom stereocenters. The van der Waals surface area contributed by atoms with Crippen molar-refractivity contribution in [1.82, 2.24) is 19.7 Å². The predicted molar refractivity (Wildman–Crippen MR) is 246 cm³/mol. The molecule has 3 saturated heterocycles. The summed E-state index contributed by atoms with van der Waals surface area (Å²) in [4.78, 5) is 77.4. The number of Topliss-reactive ketones (excluding diaryl/α,β-unsaturated/α-hetero) is 1. The molecule has 0 bridgehead atoms. The number of likely N-dealkylation sites (N-methyl/N-ethyl adjacent to an activating group) is 2. The van der Waals surface area contributed by atoms with Crippen LogP contribution in [-0.2, 0) is 44.4 Å². The summed E-state index contributed by atoms with van der Waals surface area (Å²) in [6, 6.07) is 9.73. The minimum atomic E-state index is -2.41. The van der Waals surface area contributed by atoms with E-state index in [9.17, 15) is 39.3 Å². The van der Waals surface area contributed by atoms with Crippen molar-refractivity contribution in [2.45, 2.75) is 98.6 Å².